The van der Waals surface area contributed by atoms with Crippen molar-refractivity contribution in [2.24, 2.45) is 4.99 Å². The Morgan fingerprint density at radius 2 is 1.88 bits per heavy atom. The van der Waals surface area contributed by atoms with E-state index in [-0.39, 0.29) is 23.5 Å². The van der Waals surface area contributed by atoms with Gasteiger partial charge < -0.3 is 10.5 Å². The van der Waals surface area contributed by atoms with Crippen LogP contribution in [0.15, 0.2) is 70.6 Å². The van der Waals surface area contributed by atoms with Crippen molar-refractivity contribution in [1.29, 1.82) is 5.41 Å². The Hall–Kier alpha value is -3.61. The first kappa shape index (κ1) is 17.2. The summed E-state index contributed by atoms with van der Waals surface area (Å²) in [4.78, 5) is 16.7. The van der Waals surface area contributed by atoms with E-state index < -0.39 is 17.0 Å². The van der Waals surface area contributed by atoms with Gasteiger partial charge in [0.1, 0.15) is 11.5 Å². The van der Waals surface area contributed by atoms with Gasteiger partial charge in [0.25, 0.3) is 5.43 Å². The number of hydrogen-bond donors (Lipinski definition) is 2. The SMILES string of the molecule is N=CCC(=Nc1ccccc1)c1nn(-c2ccccc2F)cc(O)c1=O. The number of rotatable bonds is 5. The fourth-order valence-corrected chi connectivity index (χ4v) is 2.38. The fourth-order valence-electron chi connectivity index (χ4n) is 2.38. The first-order valence-electron chi connectivity index (χ1n) is 7.80. The number of aromatic hydroxyl groups is 1. The molecule has 0 bridgehead atoms. The summed E-state index contributed by atoms with van der Waals surface area (Å²) in [5, 5.41) is 21.5. The van der Waals surface area contributed by atoms with Crippen molar-refractivity contribution < 1.29 is 9.50 Å². The topological polar surface area (TPSA) is 91.3 Å². The van der Waals surface area contributed by atoms with Crippen molar-refractivity contribution in [3.05, 3.63) is 82.5 Å². The van der Waals surface area contributed by atoms with Crippen molar-refractivity contribution in [2.45, 2.75) is 6.42 Å². The van der Waals surface area contributed by atoms with Gasteiger partial charge in [0.05, 0.1) is 17.6 Å². The maximum Gasteiger partial charge on any atom is 0.250 e. The van der Waals surface area contributed by atoms with E-state index in [4.69, 9.17) is 5.41 Å². The summed E-state index contributed by atoms with van der Waals surface area (Å²) in [7, 11) is 0. The number of aliphatic imine (C=N–C) groups is 1. The van der Waals surface area contributed by atoms with E-state index in [0.717, 1.165) is 17.1 Å². The summed E-state index contributed by atoms with van der Waals surface area (Å²) in [6.07, 6.45) is 2.17. The molecule has 2 aromatic carbocycles. The summed E-state index contributed by atoms with van der Waals surface area (Å²) in [6, 6.07) is 14.7. The number of aromatic nitrogens is 2. The van der Waals surface area contributed by atoms with Gasteiger partial charge in [-0.1, -0.05) is 30.3 Å². The second-order valence-corrected chi connectivity index (χ2v) is 5.39. The molecule has 1 aromatic heterocycles. The highest BCUT2D eigenvalue weighted by atomic mass is 19.1. The van der Waals surface area contributed by atoms with Gasteiger partial charge >= 0.3 is 0 Å². The normalized spacial score (nSPS) is 11.3. The van der Waals surface area contributed by atoms with Crippen LogP contribution in [0.4, 0.5) is 10.1 Å². The number of benzene rings is 2. The molecule has 6 nitrogen and oxygen atoms in total. The molecule has 130 valence electrons. The Balaban J connectivity index is 2.19. The van der Waals surface area contributed by atoms with E-state index in [1.165, 1.54) is 18.2 Å². The second kappa shape index (κ2) is 7.52. The molecule has 0 unspecified atom stereocenters. The number of hydrogen-bond acceptors (Lipinski definition) is 5. The van der Waals surface area contributed by atoms with Gasteiger partial charge in [-0.05, 0) is 24.3 Å². The van der Waals surface area contributed by atoms with Crippen LogP contribution in [0, 0.1) is 11.2 Å². The zero-order valence-electron chi connectivity index (χ0n) is 13.6. The first-order valence-corrected chi connectivity index (χ1v) is 7.80. The van der Waals surface area contributed by atoms with Crippen LogP contribution in [0.1, 0.15) is 12.1 Å². The van der Waals surface area contributed by atoms with Gasteiger partial charge in [-0.15, -0.1) is 0 Å². The zero-order valence-corrected chi connectivity index (χ0v) is 13.6. The third-order valence-electron chi connectivity index (χ3n) is 3.59. The molecular formula is C19H15FN4O2. The molecule has 3 aromatic rings. The van der Waals surface area contributed by atoms with Gasteiger partial charge in [-0.2, -0.15) is 5.10 Å². The standard InChI is InChI=1S/C19H15FN4O2/c20-14-8-4-5-9-16(14)24-12-17(25)19(26)18(23-24)15(10-11-21)22-13-6-2-1-3-7-13/h1-9,11-12,21,25H,10H2. The molecule has 2 N–H and O–H groups in total. The summed E-state index contributed by atoms with van der Waals surface area (Å²) in [5.41, 5.74) is -0.00351. The zero-order chi connectivity index (χ0) is 18.5. The molecule has 7 heteroatoms. The van der Waals surface area contributed by atoms with Gasteiger partial charge in [0, 0.05) is 12.6 Å². The monoisotopic (exact) mass is 350 g/mol. The lowest BCUT2D eigenvalue weighted by Crippen LogP contribution is -2.22. The predicted octanol–water partition coefficient (Wildman–Crippen LogP) is 3.24. The second-order valence-electron chi connectivity index (χ2n) is 5.39. The van der Waals surface area contributed by atoms with Crippen LogP contribution in [-0.2, 0) is 0 Å². The molecule has 26 heavy (non-hydrogen) atoms. The van der Waals surface area contributed by atoms with E-state index in [9.17, 15) is 14.3 Å². The van der Waals surface area contributed by atoms with Crippen LogP contribution in [0.25, 0.3) is 5.69 Å². The van der Waals surface area contributed by atoms with Gasteiger partial charge in [0.2, 0.25) is 0 Å². The van der Waals surface area contributed by atoms with Crippen molar-refractivity contribution in [3.8, 4) is 11.4 Å². The van der Waals surface area contributed by atoms with E-state index in [0.29, 0.717) is 5.69 Å². The third-order valence-corrected chi connectivity index (χ3v) is 3.59. The Labute approximate surface area is 148 Å². The molecule has 3 rings (SSSR count). The van der Waals surface area contributed by atoms with Gasteiger partial charge in [-0.25, -0.2) is 9.07 Å². The number of nitrogens with zero attached hydrogens (tertiary/aromatic N) is 3. The number of halogens is 1. The summed E-state index contributed by atoms with van der Waals surface area (Å²) in [5.74, 6) is -1.13. The third kappa shape index (κ3) is 3.56. The lowest BCUT2D eigenvalue weighted by atomic mass is 10.1. The van der Waals surface area contributed by atoms with E-state index >= 15 is 0 Å². The molecule has 0 saturated heterocycles. The van der Waals surface area contributed by atoms with Crippen LogP contribution in [0.3, 0.4) is 0 Å². The average molecular weight is 350 g/mol. The fraction of sp³-hybridized carbons (Fsp3) is 0.0526. The Kier molecular flexibility index (Phi) is 4.98. The lowest BCUT2D eigenvalue weighted by Gasteiger charge is -2.10. The van der Waals surface area contributed by atoms with Gasteiger partial charge in [0.15, 0.2) is 11.4 Å². The molecule has 0 aliphatic heterocycles. The highest BCUT2D eigenvalue weighted by Gasteiger charge is 2.16. The van der Waals surface area contributed by atoms with E-state index in [1.54, 1.807) is 30.3 Å². The smallest absolute Gasteiger partial charge is 0.250 e. The molecule has 0 atom stereocenters. The summed E-state index contributed by atoms with van der Waals surface area (Å²) in [6.45, 7) is 0. The van der Waals surface area contributed by atoms with Crippen molar-refractivity contribution in [1.82, 2.24) is 9.78 Å². The van der Waals surface area contributed by atoms with E-state index in [2.05, 4.69) is 10.1 Å². The molecule has 0 amide bonds. The highest BCUT2D eigenvalue weighted by molar-refractivity contribution is 6.06. The van der Waals surface area contributed by atoms with Crippen molar-refractivity contribution in [2.75, 3.05) is 0 Å². The quantitative estimate of drug-likeness (QED) is 0.692. The molecule has 0 radical (unpaired) electrons. The Bertz CT molecular complexity index is 1030. The molecule has 0 spiro atoms. The van der Waals surface area contributed by atoms with Gasteiger partial charge in [-0.3, -0.25) is 9.79 Å². The molecule has 0 fully saturated rings. The molecule has 0 aliphatic rings. The van der Waals surface area contributed by atoms with Crippen LogP contribution in [0.2, 0.25) is 0 Å². The lowest BCUT2D eigenvalue weighted by molar-refractivity contribution is 0.460. The summed E-state index contributed by atoms with van der Waals surface area (Å²) < 4.78 is 15.1. The maximum absolute atomic E-state index is 14.0. The van der Waals surface area contributed by atoms with E-state index in [1.807, 2.05) is 6.07 Å². The Morgan fingerprint density at radius 1 is 1.19 bits per heavy atom. The largest absolute Gasteiger partial charge is 0.503 e. The Morgan fingerprint density at radius 3 is 2.58 bits per heavy atom. The summed E-state index contributed by atoms with van der Waals surface area (Å²) >= 11 is 0. The number of para-hydroxylation sites is 2. The molecule has 0 saturated carbocycles. The minimum absolute atomic E-state index is 0.0395. The molecule has 1 heterocycles. The molecular weight excluding hydrogens is 335 g/mol. The average Bonchev–Trinajstić information content (AvgIpc) is 2.65. The maximum atomic E-state index is 14.0. The van der Waals surface area contributed by atoms with Crippen molar-refractivity contribution in [3.63, 3.8) is 0 Å². The highest BCUT2D eigenvalue weighted by Crippen LogP contribution is 2.16. The number of nitrogens with one attached hydrogen (secondary N) is 1. The van der Waals surface area contributed by atoms with Crippen molar-refractivity contribution >= 4 is 17.6 Å². The van der Waals surface area contributed by atoms with Crippen LogP contribution in [0.5, 0.6) is 5.75 Å². The van der Waals surface area contributed by atoms with Crippen LogP contribution < -0.4 is 5.43 Å². The van der Waals surface area contributed by atoms with Crippen LogP contribution >= 0.6 is 0 Å². The first-order chi connectivity index (χ1) is 12.6. The van der Waals surface area contributed by atoms with Crippen LogP contribution in [-0.4, -0.2) is 26.8 Å². The predicted molar refractivity (Wildman–Crippen MR) is 97.5 cm³/mol. The minimum Gasteiger partial charge on any atom is -0.503 e. The molecule has 0 aliphatic carbocycles. The minimum atomic E-state index is -0.728.